The van der Waals surface area contributed by atoms with Crippen molar-refractivity contribution in [3.8, 4) is 0 Å². The highest BCUT2D eigenvalue weighted by molar-refractivity contribution is 6.02. The Morgan fingerprint density at radius 2 is 1.65 bits per heavy atom. The van der Waals surface area contributed by atoms with Crippen molar-refractivity contribution in [1.82, 2.24) is 0 Å². The van der Waals surface area contributed by atoms with Crippen LogP contribution >= 0.6 is 0 Å². The molecule has 1 aromatic carbocycles. The summed E-state index contributed by atoms with van der Waals surface area (Å²) in [7, 11) is 0. The molecule has 106 valence electrons. The first kappa shape index (κ1) is 13.3. The van der Waals surface area contributed by atoms with Gasteiger partial charge in [-0.05, 0) is 17.5 Å². The van der Waals surface area contributed by atoms with E-state index in [1.165, 1.54) is 0 Å². The summed E-state index contributed by atoms with van der Waals surface area (Å²) in [5.41, 5.74) is 2.29. The summed E-state index contributed by atoms with van der Waals surface area (Å²) in [4.78, 5) is 25.7. The Balaban J connectivity index is 1.88. The van der Waals surface area contributed by atoms with E-state index in [9.17, 15) is 9.59 Å². The Morgan fingerprint density at radius 3 is 2.35 bits per heavy atom. The number of morpholine rings is 1. The van der Waals surface area contributed by atoms with E-state index in [0.29, 0.717) is 12.8 Å². The minimum Gasteiger partial charge on any atom is -0.378 e. The van der Waals surface area contributed by atoms with Crippen LogP contribution in [0.2, 0.25) is 0 Å². The van der Waals surface area contributed by atoms with E-state index >= 15 is 0 Å². The molecule has 20 heavy (non-hydrogen) atoms. The van der Waals surface area contributed by atoms with Gasteiger partial charge in [-0.2, -0.15) is 0 Å². The van der Waals surface area contributed by atoms with Gasteiger partial charge in [-0.3, -0.25) is 9.59 Å². The van der Waals surface area contributed by atoms with E-state index in [4.69, 9.17) is 4.74 Å². The third-order valence-electron chi connectivity index (χ3n) is 4.07. The third-order valence-corrected chi connectivity index (χ3v) is 4.07. The Morgan fingerprint density at radius 1 is 1.00 bits per heavy atom. The maximum Gasteiger partial charge on any atom is 0.140 e. The summed E-state index contributed by atoms with van der Waals surface area (Å²) in [6, 6.07) is 8.15. The number of nitrogens with zero attached hydrogens (tertiary/aromatic N) is 1. The number of Topliss-reactive ketones (excluding diaryl/α,β-unsaturated/α-hetero) is 2. The topological polar surface area (TPSA) is 46.6 Å². The monoisotopic (exact) mass is 273 g/mol. The highest BCUT2D eigenvalue weighted by Crippen LogP contribution is 2.35. The summed E-state index contributed by atoms with van der Waals surface area (Å²) in [6.07, 6.45) is 1.11. The number of carbonyl (C=O) groups excluding carboxylic acids is 2. The Bertz CT molecular complexity index is 504. The van der Waals surface area contributed by atoms with Gasteiger partial charge in [0.2, 0.25) is 0 Å². The molecule has 0 atom stereocenters. The first-order valence-corrected chi connectivity index (χ1v) is 7.19. The third kappa shape index (κ3) is 2.75. The molecular weight excluding hydrogens is 254 g/mol. The van der Waals surface area contributed by atoms with Crippen LogP contribution in [0.15, 0.2) is 24.3 Å². The lowest BCUT2D eigenvalue weighted by Crippen LogP contribution is -2.37. The summed E-state index contributed by atoms with van der Waals surface area (Å²) < 4.78 is 5.39. The average Bonchev–Trinajstić information content (AvgIpc) is 2.47. The van der Waals surface area contributed by atoms with Gasteiger partial charge < -0.3 is 9.64 Å². The molecule has 2 fully saturated rings. The number of ether oxygens (including phenoxy) is 1. The minimum absolute atomic E-state index is 0.0443. The average molecular weight is 273 g/mol. The second kappa shape index (κ2) is 5.75. The molecule has 1 aliphatic heterocycles. The summed E-state index contributed by atoms with van der Waals surface area (Å²) in [5.74, 6) is 0.189. The van der Waals surface area contributed by atoms with Crippen LogP contribution in [-0.2, 0) is 14.3 Å². The molecule has 0 unspecified atom stereocenters. The molecule has 0 amide bonds. The van der Waals surface area contributed by atoms with Crippen LogP contribution in [0.3, 0.4) is 0 Å². The molecule has 0 N–H and O–H groups in total. The quantitative estimate of drug-likeness (QED) is 0.772. The molecular formula is C16H19NO3. The fourth-order valence-electron chi connectivity index (χ4n) is 3.13. The van der Waals surface area contributed by atoms with Crippen LogP contribution < -0.4 is 4.90 Å². The molecule has 1 heterocycles. The zero-order chi connectivity index (χ0) is 13.9. The summed E-state index contributed by atoms with van der Waals surface area (Å²) in [5, 5.41) is 0. The van der Waals surface area contributed by atoms with E-state index < -0.39 is 0 Å². The smallest absolute Gasteiger partial charge is 0.140 e. The van der Waals surface area contributed by atoms with Gasteiger partial charge in [0, 0.05) is 31.6 Å². The number of hydrogen-bond acceptors (Lipinski definition) is 4. The van der Waals surface area contributed by atoms with Gasteiger partial charge in [-0.25, -0.2) is 0 Å². The molecule has 1 saturated heterocycles. The van der Waals surface area contributed by atoms with Crippen molar-refractivity contribution in [1.29, 1.82) is 0 Å². The molecule has 1 aliphatic carbocycles. The predicted octanol–water partition coefficient (Wildman–Crippen LogP) is 1.93. The zero-order valence-corrected chi connectivity index (χ0v) is 11.5. The number of rotatable bonds is 2. The van der Waals surface area contributed by atoms with Crippen molar-refractivity contribution < 1.29 is 14.3 Å². The number of benzene rings is 1. The molecule has 0 spiro atoms. The van der Waals surface area contributed by atoms with Crippen LogP contribution in [0, 0.1) is 0 Å². The number of ketones is 2. The van der Waals surface area contributed by atoms with E-state index in [0.717, 1.165) is 37.6 Å². The van der Waals surface area contributed by atoms with Gasteiger partial charge in [0.1, 0.15) is 11.6 Å². The second-order valence-electron chi connectivity index (χ2n) is 5.52. The molecule has 2 aliphatic rings. The number of anilines is 1. The molecule has 4 nitrogen and oxygen atoms in total. The first-order chi connectivity index (χ1) is 9.74. The van der Waals surface area contributed by atoms with Gasteiger partial charge in [-0.1, -0.05) is 18.2 Å². The van der Waals surface area contributed by atoms with Crippen molar-refractivity contribution in [3.63, 3.8) is 0 Å². The molecule has 4 heteroatoms. The van der Waals surface area contributed by atoms with Crippen molar-refractivity contribution in [2.45, 2.75) is 25.2 Å². The first-order valence-electron chi connectivity index (χ1n) is 7.19. The van der Waals surface area contributed by atoms with Crippen LogP contribution in [0.5, 0.6) is 0 Å². The molecule has 1 aromatic rings. The largest absolute Gasteiger partial charge is 0.378 e. The lowest BCUT2D eigenvalue weighted by Gasteiger charge is -2.33. The maximum atomic E-state index is 11.7. The van der Waals surface area contributed by atoms with Gasteiger partial charge in [0.25, 0.3) is 0 Å². The zero-order valence-electron chi connectivity index (χ0n) is 11.5. The molecule has 0 aromatic heterocycles. The van der Waals surface area contributed by atoms with Crippen molar-refractivity contribution >= 4 is 17.3 Å². The van der Waals surface area contributed by atoms with Crippen molar-refractivity contribution in [3.05, 3.63) is 29.8 Å². The van der Waals surface area contributed by atoms with Crippen LogP contribution in [0.1, 0.15) is 30.7 Å². The lowest BCUT2D eigenvalue weighted by molar-refractivity contribution is -0.130. The summed E-state index contributed by atoms with van der Waals surface area (Å²) >= 11 is 0. The van der Waals surface area contributed by atoms with E-state index in [1.54, 1.807) is 0 Å². The van der Waals surface area contributed by atoms with Gasteiger partial charge in [0.05, 0.1) is 19.6 Å². The standard InChI is InChI=1S/C16H19NO3/c18-13-9-12(10-14(19)11-13)15-3-1-2-4-16(15)17-5-7-20-8-6-17/h1-4,12H,5-11H2. The van der Waals surface area contributed by atoms with Gasteiger partial charge in [0.15, 0.2) is 0 Å². The molecule has 0 bridgehead atoms. The predicted molar refractivity (Wildman–Crippen MR) is 76.1 cm³/mol. The van der Waals surface area contributed by atoms with Crippen LogP contribution in [0.4, 0.5) is 5.69 Å². The van der Waals surface area contributed by atoms with E-state index in [1.807, 2.05) is 12.1 Å². The Hall–Kier alpha value is -1.68. The molecule has 3 rings (SSSR count). The highest BCUT2D eigenvalue weighted by Gasteiger charge is 2.29. The number of carbonyl (C=O) groups is 2. The highest BCUT2D eigenvalue weighted by atomic mass is 16.5. The van der Waals surface area contributed by atoms with Crippen LogP contribution in [-0.4, -0.2) is 37.9 Å². The Kier molecular flexibility index (Phi) is 3.83. The lowest BCUT2D eigenvalue weighted by atomic mass is 9.82. The van der Waals surface area contributed by atoms with Crippen LogP contribution in [0.25, 0.3) is 0 Å². The normalized spacial score (nSPS) is 21.3. The van der Waals surface area contributed by atoms with Gasteiger partial charge in [-0.15, -0.1) is 0 Å². The van der Waals surface area contributed by atoms with Gasteiger partial charge >= 0.3 is 0 Å². The minimum atomic E-state index is 0.0443. The number of hydrogen-bond donors (Lipinski definition) is 0. The number of para-hydroxylation sites is 1. The SMILES string of the molecule is O=C1CC(=O)CC(c2ccccc2N2CCOCC2)C1. The molecule has 1 saturated carbocycles. The maximum absolute atomic E-state index is 11.7. The second-order valence-corrected chi connectivity index (χ2v) is 5.52. The molecule has 0 radical (unpaired) electrons. The van der Waals surface area contributed by atoms with E-state index in [2.05, 4.69) is 17.0 Å². The van der Waals surface area contributed by atoms with E-state index in [-0.39, 0.29) is 23.9 Å². The summed E-state index contributed by atoms with van der Waals surface area (Å²) in [6.45, 7) is 3.20. The van der Waals surface area contributed by atoms with Crippen molar-refractivity contribution in [2.75, 3.05) is 31.2 Å². The van der Waals surface area contributed by atoms with Crippen molar-refractivity contribution in [2.24, 2.45) is 0 Å². The fourth-order valence-corrected chi connectivity index (χ4v) is 3.13. The Labute approximate surface area is 118 Å². The fraction of sp³-hybridized carbons (Fsp3) is 0.500.